The Hall–Kier alpha value is -3.51. The van der Waals surface area contributed by atoms with Crippen LogP contribution in [0.15, 0.2) is 72.1 Å². The Kier molecular flexibility index (Phi) is 5.10. The molecule has 1 aromatic heterocycles. The first-order chi connectivity index (χ1) is 14.0. The van der Waals surface area contributed by atoms with Gasteiger partial charge in [-0.1, -0.05) is 24.3 Å². The van der Waals surface area contributed by atoms with Crippen LogP contribution in [0.4, 0.5) is 15.8 Å². The van der Waals surface area contributed by atoms with Gasteiger partial charge in [0, 0.05) is 39.0 Å². The molecule has 4 aromatic rings. The van der Waals surface area contributed by atoms with E-state index in [0.29, 0.717) is 16.7 Å². The van der Waals surface area contributed by atoms with Crippen LogP contribution in [0.5, 0.6) is 0 Å². The SMILES string of the molecule is Nc1cc(F)ccc1CC(=O)c1ccc(C(=O)Nc2cccc3sccc23)cc1. The molecule has 4 rings (SSSR count). The van der Waals surface area contributed by atoms with Crippen LogP contribution in [0.2, 0.25) is 0 Å². The number of Topliss-reactive ketones (excluding diaryl/α,β-unsaturated/α-hetero) is 1. The molecule has 6 heteroatoms. The minimum Gasteiger partial charge on any atom is -0.398 e. The second-order valence-electron chi connectivity index (χ2n) is 6.61. The summed E-state index contributed by atoms with van der Waals surface area (Å²) in [6, 6.07) is 18.2. The van der Waals surface area contributed by atoms with Gasteiger partial charge in [0.2, 0.25) is 0 Å². The lowest BCUT2D eigenvalue weighted by Gasteiger charge is -2.08. The van der Waals surface area contributed by atoms with Crippen LogP contribution in [-0.4, -0.2) is 11.7 Å². The molecule has 4 nitrogen and oxygen atoms in total. The summed E-state index contributed by atoms with van der Waals surface area (Å²) < 4.78 is 14.3. The summed E-state index contributed by atoms with van der Waals surface area (Å²) in [4.78, 5) is 25.1. The third kappa shape index (κ3) is 4.02. The van der Waals surface area contributed by atoms with Crippen LogP contribution in [0.1, 0.15) is 26.3 Å². The third-order valence-corrected chi connectivity index (χ3v) is 5.55. The summed E-state index contributed by atoms with van der Waals surface area (Å²) in [5.41, 5.74) is 8.26. The molecule has 0 aliphatic rings. The van der Waals surface area contributed by atoms with E-state index >= 15 is 0 Å². The number of carbonyl (C=O) groups excluding carboxylic acids is 2. The third-order valence-electron chi connectivity index (χ3n) is 4.67. The van der Waals surface area contributed by atoms with Crippen LogP contribution < -0.4 is 11.1 Å². The van der Waals surface area contributed by atoms with Crippen molar-refractivity contribution in [2.75, 3.05) is 11.1 Å². The number of nitrogens with two attached hydrogens (primary N) is 1. The van der Waals surface area contributed by atoms with Gasteiger partial charge in [0.25, 0.3) is 5.91 Å². The normalized spacial score (nSPS) is 10.8. The maximum absolute atomic E-state index is 13.1. The van der Waals surface area contributed by atoms with Gasteiger partial charge >= 0.3 is 0 Å². The summed E-state index contributed by atoms with van der Waals surface area (Å²) in [5, 5.41) is 5.90. The summed E-state index contributed by atoms with van der Waals surface area (Å²) in [6.07, 6.45) is 0.0673. The molecule has 144 valence electrons. The lowest BCUT2D eigenvalue weighted by Crippen LogP contribution is -2.12. The van der Waals surface area contributed by atoms with Gasteiger partial charge in [-0.05, 0) is 53.4 Å². The van der Waals surface area contributed by atoms with Crippen LogP contribution in [0.25, 0.3) is 10.1 Å². The maximum Gasteiger partial charge on any atom is 0.255 e. The van der Waals surface area contributed by atoms with Gasteiger partial charge in [-0.25, -0.2) is 4.39 Å². The Morgan fingerprint density at radius 2 is 1.72 bits per heavy atom. The Morgan fingerprint density at radius 3 is 2.48 bits per heavy atom. The first-order valence-corrected chi connectivity index (χ1v) is 9.84. The number of nitrogen functional groups attached to an aromatic ring is 1. The summed E-state index contributed by atoms with van der Waals surface area (Å²) in [6.45, 7) is 0. The average molecular weight is 404 g/mol. The fourth-order valence-electron chi connectivity index (χ4n) is 3.11. The Bertz CT molecular complexity index is 1220. The second-order valence-corrected chi connectivity index (χ2v) is 7.56. The molecule has 3 aromatic carbocycles. The number of ketones is 1. The summed E-state index contributed by atoms with van der Waals surface area (Å²) in [7, 11) is 0. The minimum absolute atomic E-state index is 0.0673. The molecule has 0 aliphatic heterocycles. The van der Waals surface area contributed by atoms with Crippen molar-refractivity contribution in [1.29, 1.82) is 0 Å². The minimum atomic E-state index is -0.438. The van der Waals surface area contributed by atoms with Crippen molar-refractivity contribution in [3.8, 4) is 0 Å². The molecule has 0 saturated heterocycles. The number of carbonyl (C=O) groups is 2. The highest BCUT2D eigenvalue weighted by Gasteiger charge is 2.13. The number of amides is 1. The number of benzene rings is 3. The zero-order chi connectivity index (χ0) is 20.4. The molecule has 3 N–H and O–H groups in total. The lowest BCUT2D eigenvalue weighted by molar-refractivity contribution is 0.0989. The highest BCUT2D eigenvalue weighted by molar-refractivity contribution is 7.17. The number of thiophene rings is 1. The van der Waals surface area contributed by atoms with Crippen molar-refractivity contribution in [3.05, 3.63) is 94.6 Å². The van der Waals surface area contributed by atoms with Gasteiger partial charge in [-0.15, -0.1) is 11.3 Å². The predicted octanol–water partition coefficient (Wildman–Crippen LogP) is 5.30. The number of anilines is 2. The zero-order valence-corrected chi connectivity index (χ0v) is 16.1. The van der Waals surface area contributed by atoms with Gasteiger partial charge < -0.3 is 11.1 Å². The number of fused-ring (bicyclic) bond motifs is 1. The predicted molar refractivity (Wildman–Crippen MR) is 115 cm³/mol. The molecule has 0 radical (unpaired) electrons. The topological polar surface area (TPSA) is 72.2 Å². The Balaban J connectivity index is 1.47. The number of halogens is 1. The van der Waals surface area contributed by atoms with E-state index in [0.717, 1.165) is 15.8 Å². The molecular weight excluding hydrogens is 387 g/mol. The first-order valence-electron chi connectivity index (χ1n) is 8.96. The first kappa shape index (κ1) is 18.8. The van der Waals surface area contributed by atoms with Gasteiger partial charge in [0.1, 0.15) is 5.82 Å². The second kappa shape index (κ2) is 7.85. The van der Waals surface area contributed by atoms with E-state index in [1.165, 1.54) is 18.2 Å². The Labute approximate surface area is 170 Å². The monoisotopic (exact) mass is 404 g/mol. The molecule has 0 unspecified atom stereocenters. The molecule has 0 saturated carbocycles. The van der Waals surface area contributed by atoms with E-state index in [4.69, 9.17) is 5.73 Å². The van der Waals surface area contributed by atoms with E-state index in [2.05, 4.69) is 5.32 Å². The van der Waals surface area contributed by atoms with Crippen molar-refractivity contribution < 1.29 is 14.0 Å². The summed E-state index contributed by atoms with van der Waals surface area (Å²) in [5.74, 6) is -0.837. The van der Waals surface area contributed by atoms with Crippen LogP contribution in [-0.2, 0) is 6.42 Å². The molecule has 0 bridgehead atoms. The van der Waals surface area contributed by atoms with Crippen molar-refractivity contribution >= 4 is 44.5 Å². The van der Waals surface area contributed by atoms with Crippen molar-refractivity contribution in [2.45, 2.75) is 6.42 Å². The van der Waals surface area contributed by atoms with Crippen LogP contribution in [0, 0.1) is 5.82 Å². The largest absolute Gasteiger partial charge is 0.398 e. The quantitative estimate of drug-likeness (QED) is 0.350. The number of hydrogen-bond acceptors (Lipinski definition) is 4. The van der Waals surface area contributed by atoms with E-state index in [1.807, 2.05) is 29.6 Å². The molecule has 1 amide bonds. The average Bonchev–Trinajstić information content (AvgIpc) is 3.20. The van der Waals surface area contributed by atoms with Gasteiger partial charge in [0.15, 0.2) is 5.78 Å². The molecule has 0 spiro atoms. The van der Waals surface area contributed by atoms with Crippen molar-refractivity contribution in [2.24, 2.45) is 0 Å². The highest BCUT2D eigenvalue weighted by atomic mass is 32.1. The number of rotatable bonds is 5. The Morgan fingerprint density at radius 1 is 0.966 bits per heavy atom. The molecule has 0 atom stereocenters. The van der Waals surface area contributed by atoms with Gasteiger partial charge in [0.05, 0.1) is 0 Å². The fourth-order valence-corrected chi connectivity index (χ4v) is 3.92. The van der Waals surface area contributed by atoms with Gasteiger partial charge in [-0.2, -0.15) is 0 Å². The molecule has 0 aliphatic carbocycles. The number of hydrogen-bond donors (Lipinski definition) is 2. The summed E-state index contributed by atoms with van der Waals surface area (Å²) >= 11 is 1.61. The van der Waals surface area contributed by atoms with Crippen molar-refractivity contribution in [1.82, 2.24) is 0 Å². The number of nitrogens with one attached hydrogen (secondary N) is 1. The molecule has 1 heterocycles. The maximum atomic E-state index is 13.1. The van der Waals surface area contributed by atoms with Gasteiger partial charge in [-0.3, -0.25) is 9.59 Å². The lowest BCUT2D eigenvalue weighted by atomic mass is 10.0. The molecule has 0 fully saturated rings. The van der Waals surface area contributed by atoms with E-state index in [9.17, 15) is 14.0 Å². The fraction of sp³-hybridized carbons (Fsp3) is 0.0435. The van der Waals surface area contributed by atoms with Crippen molar-refractivity contribution in [3.63, 3.8) is 0 Å². The zero-order valence-electron chi connectivity index (χ0n) is 15.3. The van der Waals surface area contributed by atoms with E-state index in [-0.39, 0.29) is 23.8 Å². The van der Waals surface area contributed by atoms with Crippen LogP contribution >= 0.6 is 11.3 Å². The standard InChI is InChI=1S/C23H17FN2O2S/c24-17-9-8-16(19(25)13-17)12-21(27)14-4-6-15(7-5-14)23(28)26-20-2-1-3-22-18(20)10-11-29-22/h1-11,13H,12,25H2,(H,26,28). The molecule has 29 heavy (non-hydrogen) atoms. The molecular formula is C23H17FN2O2S. The smallest absolute Gasteiger partial charge is 0.255 e. The highest BCUT2D eigenvalue weighted by Crippen LogP contribution is 2.28. The van der Waals surface area contributed by atoms with E-state index < -0.39 is 5.82 Å². The van der Waals surface area contributed by atoms with Crippen LogP contribution in [0.3, 0.4) is 0 Å². The van der Waals surface area contributed by atoms with E-state index in [1.54, 1.807) is 35.6 Å².